The van der Waals surface area contributed by atoms with Gasteiger partial charge in [0.15, 0.2) is 11.6 Å². The number of hydrogen-bond acceptors (Lipinski definition) is 10. The van der Waals surface area contributed by atoms with E-state index in [1.54, 1.807) is 6.92 Å². The highest BCUT2D eigenvalue weighted by Gasteiger charge is 2.29. The van der Waals surface area contributed by atoms with Crippen molar-refractivity contribution < 1.29 is 28.5 Å². The van der Waals surface area contributed by atoms with Crippen LogP contribution in [0.2, 0.25) is 0 Å². The number of carboxylic acids is 1. The molecule has 0 fully saturated rings. The summed E-state index contributed by atoms with van der Waals surface area (Å²) in [5, 5.41) is 21.9. The monoisotopic (exact) mass is 588 g/mol. The number of aliphatic carboxylic acids is 1. The van der Waals surface area contributed by atoms with Crippen molar-refractivity contribution >= 4 is 35.2 Å². The number of hydrogen-bond donors (Lipinski definition) is 3. The summed E-state index contributed by atoms with van der Waals surface area (Å²) >= 11 is 1.32. The molecule has 0 saturated carbocycles. The van der Waals surface area contributed by atoms with Gasteiger partial charge >= 0.3 is 5.97 Å². The minimum Gasteiger partial charge on any atom is -0.481 e. The van der Waals surface area contributed by atoms with Crippen LogP contribution in [0, 0.1) is 0 Å². The van der Waals surface area contributed by atoms with Crippen LogP contribution in [-0.2, 0) is 33.4 Å². The standard InChI is InChI=1S/C27H33FN6O6S/c1-4-22(26(38)31-18(10-24(36)37)23(35)15-41-14-17-8-6-5-7-9-17)34-13-21(16(2)3)30-25(27(34)39)29-12-20-19(11-28)32-40-33-20/h5-9,13,16,18,22H,4,10-12,14-15H2,1-3H3,(H,29,30)(H,31,38)(H,36,37)/t18-,22?/m0/s1. The number of nitrogens with zero attached hydrogens (tertiary/aromatic N) is 4. The minimum absolute atomic E-state index is 0.00244. The van der Waals surface area contributed by atoms with Gasteiger partial charge in [-0.05, 0) is 17.9 Å². The van der Waals surface area contributed by atoms with Crippen LogP contribution >= 0.6 is 11.8 Å². The molecule has 2 aromatic heterocycles. The Morgan fingerprint density at radius 2 is 1.85 bits per heavy atom. The largest absolute Gasteiger partial charge is 0.481 e. The number of halogens is 1. The van der Waals surface area contributed by atoms with Gasteiger partial charge in [-0.1, -0.05) is 61.4 Å². The van der Waals surface area contributed by atoms with Crippen LogP contribution in [0.3, 0.4) is 0 Å². The van der Waals surface area contributed by atoms with Crippen molar-refractivity contribution in [2.45, 2.75) is 70.6 Å². The quantitative estimate of drug-likeness (QED) is 0.224. The predicted molar refractivity (Wildman–Crippen MR) is 150 cm³/mol. The maximum atomic E-state index is 13.4. The lowest BCUT2D eigenvalue weighted by Gasteiger charge is -2.23. The molecule has 3 aromatic rings. The van der Waals surface area contributed by atoms with Crippen LogP contribution < -0.4 is 16.2 Å². The normalized spacial score (nSPS) is 12.6. The Morgan fingerprint density at radius 1 is 1.15 bits per heavy atom. The van der Waals surface area contributed by atoms with E-state index >= 15 is 0 Å². The molecule has 0 spiro atoms. The Bertz CT molecular complexity index is 1400. The van der Waals surface area contributed by atoms with E-state index in [1.807, 2.05) is 44.2 Å². The van der Waals surface area contributed by atoms with E-state index < -0.39 is 48.4 Å². The average Bonchev–Trinajstić information content (AvgIpc) is 3.41. The average molecular weight is 589 g/mol. The number of Topliss-reactive ketones (excluding diaryl/α,β-unsaturated/α-hetero) is 1. The van der Waals surface area contributed by atoms with Gasteiger partial charge in [0.1, 0.15) is 24.1 Å². The van der Waals surface area contributed by atoms with E-state index in [0.717, 1.165) is 5.56 Å². The van der Waals surface area contributed by atoms with Crippen molar-refractivity contribution in [2.24, 2.45) is 0 Å². The lowest BCUT2D eigenvalue weighted by Crippen LogP contribution is -2.47. The van der Waals surface area contributed by atoms with E-state index in [9.17, 15) is 28.7 Å². The fourth-order valence-corrected chi connectivity index (χ4v) is 4.85. The molecule has 1 aromatic carbocycles. The van der Waals surface area contributed by atoms with Crippen LogP contribution in [0.25, 0.3) is 0 Å². The number of alkyl halides is 1. The number of carboxylic acid groups (broad SMARTS) is 1. The van der Waals surface area contributed by atoms with E-state index in [4.69, 9.17) is 0 Å². The van der Waals surface area contributed by atoms with E-state index in [0.29, 0.717) is 11.4 Å². The maximum absolute atomic E-state index is 13.4. The highest BCUT2D eigenvalue weighted by atomic mass is 32.2. The lowest BCUT2D eigenvalue weighted by atomic mass is 10.1. The predicted octanol–water partition coefficient (Wildman–Crippen LogP) is 3.24. The molecule has 3 rings (SSSR count). The lowest BCUT2D eigenvalue weighted by molar-refractivity contribution is -0.140. The third-order valence-corrected chi connectivity index (χ3v) is 7.22. The van der Waals surface area contributed by atoms with Gasteiger partial charge in [0, 0.05) is 11.9 Å². The van der Waals surface area contributed by atoms with Crippen molar-refractivity contribution in [2.75, 3.05) is 11.1 Å². The van der Waals surface area contributed by atoms with Crippen LogP contribution in [0.15, 0.2) is 46.0 Å². The van der Waals surface area contributed by atoms with E-state index in [-0.39, 0.29) is 41.8 Å². The van der Waals surface area contributed by atoms with Crippen LogP contribution in [0.1, 0.15) is 68.2 Å². The fraction of sp³-hybridized carbons (Fsp3) is 0.444. The fourth-order valence-electron chi connectivity index (χ4n) is 3.92. The molecule has 0 aliphatic rings. The first-order valence-corrected chi connectivity index (χ1v) is 14.2. The molecular formula is C27H33FN6O6S. The number of carbonyl (C=O) groups excluding carboxylic acids is 2. The molecule has 0 aliphatic carbocycles. The second-order valence-electron chi connectivity index (χ2n) is 9.55. The van der Waals surface area contributed by atoms with Crippen LogP contribution in [0.4, 0.5) is 10.2 Å². The molecule has 3 N–H and O–H groups in total. The number of carbonyl (C=O) groups is 3. The van der Waals surface area contributed by atoms with Crippen molar-refractivity contribution in [3.63, 3.8) is 0 Å². The number of anilines is 1. The molecule has 0 aliphatic heterocycles. The Balaban J connectivity index is 1.80. The Kier molecular flexibility index (Phi) is 11.6. The van der Waals surface area contributed by atoms with E-state index in [2.05, 4.69) is 30.6 Å². The first-order valence-electron chi connectivity index (χ1n) is 13.0. The summed E-state index contributed by atoms with van der Waals surface area (Å²) < 4.78 is 18.9. The zero-order valence-electron chi connectivity index (χ0n) is 23.0. The molecule has 0 saturated heterocycles. The second kappa shape index (κ2) is 15.1. The van der Waals surface area contributed by atoms with Crippen molar-refractivity contribution in [1.29, 1.82) is 0 Å². The molecule has 1 amide bonds. The van der Waals surface area contributed by atoms with Crippen molar-refractivity contribution in [1.82, 2.24) is 25.2 Å². The SMILES string of the molecule is CCC(C(=O)N[C@@H](CC(=O)O)C(=O)CSCc1ccccc1)n1cc(C(C)C)nc(NCc2nonc2CF)c1=O. The number of benzene rings is 1. The molecule has 12 nitrogen and oxygen atoms in total. The molecule has 2 atom stereocenters. The summed E-state index contributed by atoms with van der Waals surface area (Å²) in [5.41, 5.74) is 1.03. The number of thioether (sulfide) groups is 1. The minimum atomic E-state index is -1.27. The number of nitrogens with one attached hydrogen (secondary N) is 2. The Morgan fingerprint density at radius 3 is 2.49 bits per heavy atom. The van der Waals surface area contributed by atoms with Crippen molar-refractivity contribution in [3.8, 4) is 0 Å². The van der Waals surface area contributed by atoms with Gasteiger partial charge in [-0.3, -0.25) is 23.7 Å². The van der Waals surface area contributed by atoms with Gasteiger partial charge in [0.25, 0.3) is 5.56 Å². The van der Waals surface area contributed by atoms with Crippen molar-refractivity contribution in [3.05, 3.63) is 69.5 Å². The molecule has 41 heavy (non-hydrogen) atoms. The first-order chi connectivity index (χ1) is 19.6. The van der Waals surface area contributed by atoms with E-state index in [1.165, 1.54) is 22.5 Å². The summed E-state index contributed by atoms with van der Waals surface area (Å²) in [6.45, 7) is 4.42. The summed E-state index contributed by atoms with van der Waals surface area (Å²) in [4.78, 5) is 55.6. The molecule has 2 heterocycles. The van der Waals surface area contributed by atoms with Gasteiger partial charge in [0.05, 0.1) is 30.5 Å². The molecule has 0 bridgehead atoms. The third-order valence-electron chi connectivity index (χ3n) is 6.19. The highest BCUT2D eigenvalue weighted by Crippen LogP contribution is 2.18. The molecule has 14 heteroatoms. The Labute approximate surface area is 240 Å². The molecule has 220 valence electrons. The van der Waals surface area contributed by atoms with Gasteiger partial charge in [0.2, 0.25) is 5.91 Å². The van der Waals surface area contributed by atoms with Crippen LogP contribution in [-0.4, -0.2) is 54.4 Å². The highest BCUT2D eigenvalue weighted by molar-refractivity contribution is 7.99. The smallest absolute Gasteiger partial charge is 0.305 e. The number of rotatable bonds is 16. The summed E-state index contributed by atoms with van der Waals surface area (Å²) in [6, 6.07) is 7.17. The zero-order chi connectivity index (χ0) is 29.9. The summed E-state index contributed by atoms with van der Waals surface area (Å²) in [6.07, 6.45) is 1.05. The Hall–Kier alpha value is -4.07. The number of ketones is 1. The number of aromatic nitrogens is 4. The molecule has 0 radical (unpaired) electrons. The second-order valence-corrected chi connectivity index (χ2v) is 10.5. The number of amides is 1. The zero-order valence-corrected chi connectivity index (χ0v) is 23.8. The summed E-state index contributed by atoms with van der Waals surface area (Å²) in [7, 11) is 0. The topological polar surface area (TPSA) is 169 Å². The molecule has 1 unspecified atom stereocenters. The third kappa shape index (κ3) is 8.71. The van der Waals surface area contributed by atoms with Crippen LogP contribution in [0.5, 0.6) is 0 Å². The van der Waals surface area contributed by atoms with Gasteiger partial charge in [-0.2, -0.15) is 0 Å². The first kappa shape index (κ1) is 31.5. The van der Waals surface area contributed by atoms with Gasteiger partial charge in [-0.25, -0.2) is 14.0 Å². The van der Waals surface area contributed by atoms with Gasteiger partial charge < -0.3 is 15.7 Å². The maximum Gasteiger partial charge on any atom is 0.305 e. The molecular weight excluding hydrogens is 555 g/mol. The summed E-state index contributed by atoms with van der Waals surface area (Å²) in [5.74, 6) is -2.01. The van der Waals surface area contributed by atoms with Gasteiger partial charge in [-0.15, -0.1) is 11.8 Å².